The molecule has 0 radical (unpaired) electrons. The van der Waals surface area contributed by atoms with Crippen LogP contribution in [0, 0.1) is 6.92 Å². The molecule has 1 unspecified atom stereocenters. The van der Waals surface area contributed by atoms with E-state index < -0.39 is 34.4 Å². The zero-order valence-corrected chi connectivity index (χ0v) is 24.4. The number of hydrogen-bond donors (Lipinski definition) is 5. The molecular formula is C26H30N8O8PS+. The Kier molecular flexibility index (Phi) is 11.5. The lowest BCUT2D eigenvalue weighted by Gasteiger charge is -2.11. The topological polar surface area (TPSA) is 248 Å². The van der Waals surface area contributed by atoms with Crippen LogP contribution in [0.1, 0.15) is 19.9 Å². The number of benzene rings is 4. The first kappa shape index (κ1) is 34.0. The Morgan fingerprint density at radius 3 is 2.43 bits per heavy atom. The lowest BCUT2D eigenvalue weighted by Crippen LogP contribution is -2.14. The van der Waals surface area contributed by atoms with Crippen molar-refractivity contribution in [3.05, 3.63) is 66.2 Å². The van der Waals surface area contributed by atoms with Crippen LogP contribution in [0.4, 0.5) is 28.4 Å². The number of aryl methyl sites for hydroxylation is 1. The van der Waals surface area contributed by atoms with E-state index in [1.807, 2.05) is 0 Å². The molecule has 232 valence electrons. The van der Waals surface area contributed by atoms with Crippen LogP contribution in [-0.4, -0.2) is 20.1 Å². The third kappa shape index (κ3) is 7.73. The summed E-state index contributed by atoms with van der Waals surface area (Å²) >= 11 is 0. The van der Waals surface area contributed by atoms with Gasteiger partial charge in [0.15, 0.2) is 5.75 Å². The third-order valence-electron chi connectivity index (χ3n) is 5.81. The second-order valence-corrected chi connectivity index (χ2v) is 11.5. The fraction of sp³-hybridized carbons (Fsp3) is 0.154. The van der Waals surface area contributed by atoms with Gasteiger partial charge >= 0.3 is 18.1 Å². The first-order valence-corrected chi connectivity index (χ1v) is 14.9. The average molecular weight is 646 g/mol. The molecule has 0 aliphatic heterocycles. The van der Waals surface area contributed by atoms with Crippen molar-refractivity contribution in [3.8, 4) is 11.5 Å². The molecule has 18 heteroatoms. The molecule has 0 saturated heterocycles. The number of nitrogens with two attached hydrogens (primary N) is 3. The van der Waals surface area contributed by atoms with Crippen LogP contribution in [0.25, 0.3) is 10.8 Å². The molecule has 8 N–H and O–H groups in total. The highest BCUT2D eigenvalue weighted by atomic mass is 32.2. The van der Waals surface area contributed by atoms with Gasteiger partial charge in [0.2, 0.25) is 5.30 Å². The van der Waals surface area contributed by atoms with Crippen LogP contribution in [0.15, 0.2) is 86.0 Å². The Morgan fingerprint density at radius 1 is 0.977 bits per heavy atom. The van der Waals surface area contributed by atoms with Crippen molar-refractivity contribution in [2.75, 3.05) is 12.3 Å². The monoisotopic (exact) mass is 645 g/mol. The van der Waals surface area contributed by atoms with Crippen LogP contribution < -0.4 is 32.8 Å². The molecule has 0 fully saturated rings. The maximum atomic E-state index is 12.6. The van der Waals surface area contributed by atoms with Crippen LogP contribution in [0.2, 0.25) is 0 Å². The number of nitrogens with one attached hydrogen (secondary N) is 1. The molecule has 4 aromatic carbocycles. The lowest BCUT2D eigenvalue weighted by atomic mass is 10.1. The van der Waals surface area contributed by atoms with E-state index in [1.54, 1.807) is 50.2 Å². The summed E-state index contributed by atoms with van der Waals surface area (Å²) in [7, 11) is -6.69. The van der Waals surface area contributed by atoms with E-state index >= 15 is 0 Å². The normalized spacial score (nSPS) is 12.1. The number of rotatable bonds is 12. The van der Waals surface area contributed by atoms with E-state index in [0.717, 1.165) is 0 Å². The van der Waals surface area contributed by atoms with Crippen molar-refractivity contribution in [2.24, 2.45) is 32.3 Å². The van der Waals surface area contributed by atoms with Gasteiger partial charge in [-0.1, -0.05) is 24.5 Å². The minimum absolute atomic E-state index is 0. The number of fused-ring (bicyclic) bond motifs is 1. The summed E-state index contributed by atoms with van der Waals surface area (Å²) < 4.78 is 47.3. The Hall–Kier alpha value is -4.45. The summed E-state index contributed by atoms with van der Waals surface area (Å²) in [6.45, 7) is 3.74. The molecule has 4 rings (SSSR count). The van der Waals surface area contributed by atoms with E-state index in [9.17, 15) is 18.1 Å². The van der Waals surface area contributed by atoms with Crippen LogP contribution in [0.3, 0.4) is 0 Å². The quantitative estimate of drug-likeness (QED) is 0.0417. The highest BCUT2D eigenvalue weighted by Gasteiger charge is 2.25. The van der Waals surface area contributed by atoms with Gasteiger partial charge in [-0.2, -0.15) is 34.7 Å². The van der Waals surface area contributed by atoms with Crippen molar-refractivity contribution in [1.82, 2.24) is 5.25 Å². The number of aromatic hydroxyl groups is 1. The van der Waals surface area contributed by atoms with Gasteiger partial charge in [0.05, 0.1) is 23.2 Å². The standard InChI is InChI=1S/C25H25N8O8PS.CH4/c1-3-38-22-13-20(30-29-17-5-4-6-18(12-17)42(35)33-41-39-27)14(2)9-21(22)31-32-24-23(43(36,37)40-28)10-15-7-8-16(26)11-19(15)25(24)34;/h4-13H,3,27-28H2,1-2H3,(H3-,26,29,30,31,32,33,34,35);1H4/p+1. The average Bonchev–Trinajstić information content (AvgIpc) is 3.00. The largest absolute Gasteiger partial charge is 0.505 e. The maximum Gasteiger partial charge on any atom is 0.499 e. The lowest BCUT2D eigenvalue weighted by molar-refractivity contribution is -0.322. The van der Waals surface area contributed by atoms with Crippen molar-refractivity contribution in [3.63, 3.8) is 0 Å². The van der Waals surface area contributed by atoms with Crippen molar-refractivity contribution in [1.29, 1.82) is 0 Å². The molecule has 0 heterocycles. The Balaban J connectivity index is 0.00000529. The third-order valence-corrected chi connectivity index (χ3v) is 7.90. The minimum atomic E-state index is -4.51. The van der Waals surface area contributed by atoms with E-state index in [1.165, 1.54) is 24.3 Å². The fourth-order valence-electron chi connectivity index (χ4n) is 3.82. The molecular weight excluding hydrogens is 615 g/mol. The highest BCUT2D eigenvalue weighted by Crippen LogP contribution is 2.43. The summed E-state index contributed by atoms with van der Waals surface area (Å²) in [6.07, 6.45) is 0. The van der Waals surface area contributed by atoms with Crippen LogP contribution in [0.5, 0.6) is 11.5 Å². The van der Waals surface area contributed by atoms with Crippen molar-refractivity contribution < 1.29 is 37.1 Å². The summed E-state index contributed by atoms with van der Waals surface area (Å²) in [5.74, 6) is 9.51. The Labute approximate surface area is 253 Å². The van der Waals surface area contributed by atoms with Gasteiger partial charge in [0.1, 0.15) is 22.0 Å². The number of anilines is 1. The zero-order chi connectivity index (χ0) is 31.1. The number of phenols is 1. The molecule has 44 heavy (non-hydrogen) atoms. The van der Waals surface area contributed by atoms with Crippen LogP contribution >= 0.6 is 7.95 Å². The number of hydrogen-bond acceptors (Lipinski definition) is 15. The molecule has 16 nitrogen and oxygen atoms in total. The van der Waals surface area contributed by atoms with E-state index in [4.69, 9.17) is 22.3 Å². The van der Waals surface area contributed by atoms with E-state index in [-0.39, 0.29) is 30.9 Å². The summed E-state index contributed by atoms with van der Waals surface area (Å²) in [6, 6.07) is 15.3. The first-order valence-electron chi connectivity index (χ1n) is 12.2. The number of nitrogen functional groups attached to an aromatic ring is 1. The number of nitrogens with zero attached hydrogens (tertiary/aromatic N) is 4. The number of phenolic OH excluding ortho intramolecular Hbond substituents is 1. The van der Waals surface area contributed by atoms with Crippen molar-refractivity contribution >= 4 is 62.6 Å². The molecule has 0 spiro atoms. The molecule has 0 aliphatic carbocycles. The Bertz CT molecular complexity index is 1850. The van der Waals surface area contributed by atoms with Gasteiger partial charge in [-0.05, 0) is 65.8 Å². The second kappa shape index (κ2) is 14.8. The van der Waals surface area contributed by atoms with Gasteiger partial charge in [-0.15, -0.1) is 15.2 Å². The summed E-state index contributed by atoms with van der Waals surface area (Å²) in [4.78, 5) is 7.68. The second-order valence-electron chi connectivity index (χ2n) is 8.63. The molecule has 0 saturated carbocycles. The first-order chi connectivity index (χ1) is 20.6. The predicted molar refractivity (Wildman–Crippen MR) is 163 cm³/mol. The molecule has 4 aromatic rings. The van der Waals surface area contributed by atoms with E-state index in [2.05, 4.69) is 40.0 Å². The molecule has 0 amide bonds. The summed E-state index contributed by atoms with van der Waals surface area (Å²) in [5, 5.41) is 30.8. The van der Waals surface area contributed by atoms with Crippen molar-refractivity contribution in [2.45, 2.75) is 26.2 Å². The molecule has 0 aliphatic rings. The molecule has 0 bridgehead atoms. The maximum absolute atomic E-state index is 12.6. The SMILES string of the molecule is C.CCOc1cc(N=Nc2cccc([P+](=O)NOON)c2)c(C)cc1N=Nc1c(S(=O)(=O)ON)cc2ccc(N)cc2c1O. The Morgan fingerprint density at radius 2 is 1.73 bits per heavy atom. The van der Waals surface area contributed by atoms with Gasteiger partial charge < -0.3 is 15.6 Å². The highest BCUT2D eigenvalue weighted by molar-refractivity contribution is 7.86. The van der Waals surface area contributed by atoms with Gasteiger partial charge in [-0.3, -0.25) is 0 Å². The predicted octanol–water partition coefficient (Wildman–Crippen LogP) is 5.57. The summed E-state index contributed by atoms with van der Waals surface area (Å²) in [5.41, 5.74) is 7.39. The number of azo groups is 2. The minimum Gasteiger partial charge on any atom is -0.505 e. The zero-order valence-electron chi connectivity index (χ0n) is 22.7. The van der Waals surface area contributed by atoms with Gasteiger partial charge in [0, 0.05) is 23.2 Å². The fourth-order valence-corrected chi connectivity index (χ4v) is 5.26. The van der Waals surface area contributed by atoms with Gasteiger partial charge in [-0.25, -0.2) is 0 Å². The smallest absolute Gasteiger partial charge is 0.499 e. The van der Waals surface area contributed by atoms with Crippen LogP contribution in [-0.2, 0) is 28.9 Å². The van der Waals surface area contributed by atoms with Gasteiger partial charge in [0.25, 0.3) is 0 Å². The molecule has 1 atom stereocenters. The number of ether oxygens (including phenoxy) is 1. The molecule has 0 aromatic heterocycles. The van der Waals surface area contributed by atoms with E-state index in [0.29, 0.717) is 33.3 Å².